The molecule has 2 aromatic heterocycles. The molecule has 10 heteroatoms. The van der Waals surface area contributed by atoms with Crippen molar-refractivity contribution in [1.82, 2.24) is 9.55 Å². The molecule has 0 atom stereocenters. The minimum Gasteiger partial charge on any atom is -0.323 e. The van der Waals surface area contributed by atoms with Crippen LogP contribution in [0.15, 0.2) is 63.9 Å². The van der Waals surface area contributed by atoms with E-state index in [1.54, 1.807) is 35.7 Å². The van der Waals surface area contributed by atoms with E-state index in [4.69, 9.17) is 11.6 Å². The third-order valence-electron chi connectivity index (χ3n) is 4.08. The molecule has 4 aromatic rings. The first-order chi connectivity index (χ1) is 14.4. The number of para-hydroxylation sites is 1. The van der Waals surface area contributed by atoms with E-state index in [1.807, 2.05) is 0 Å². The number of halogens is 3. The Labute approximate surface area is 182 Å². The van der Waals surface area contributed by atoms with Crippen molar-refractivity contribution in [3.05, 3.63) is 80.9 Å². The van der Waals surface area contributed by atoms with Crippen molar-refractivity contribution in [3.8, 4) is 5.69 Å². The Bertz CT molecular complexity index is 1320. The Morgan fingerprint density at radius 1 is 1.20 bits per heavy atom. The van der Waals surface area contributed by atoms with E-state index in [-0.39, 0.29) is 22.2 Å². The minimum absolute atomic E-state index is 0.178. The topological polar surface area (TPSA) is 64.0 Å². The summed E-state index contributed by atoms with van der Waals surface area (Å²) in [5.41, 5.74) is 0.381. The number of thiophene rings is 1. The standard InChI is InChI=1S/C20H12ClF2N3O2S2/c21-12-3-1-2-4-16(12)26-19(28)18-14(7-8-29-18)25-20(26)30-10-17(27)24-15-9-11(22)5-6-13(15)23/h1-9H,10H2,(H,24,27). The second kappa shape index (κ2) is 8.55. The monoisotopic (exact) mass is 463 g/mol. The highest BCUT2D eigenvalue weighted by Crippen LogP contribution is 2.27. The maximum Gasteiger partial charge on any atom is 0.276 e. The van der Waals surface area contributed by atoms with E-state index < -0.39 is 17.5 Å². The number of carbonyl (C=O) groups excluding carboxylic acids is 1. The molecule has 0 radical (unpaired) electrons. The Kier molecular flexibility index (Phi) is 5.85. The van der Waals surface area contributed by atoms with Crippen LogP contribution in [0.4, 0.5) is 14.5 Å². The summed E-state index contributed by atoms with van der Waals surface area (Å²) in [6.45, 7) is 0. The van der Waals surface area contributed by atoms with Crippen LogP contribution in [0, 0.1) is 11.6 Å². The highest BCUT2D eigenvalue weighted by atomic mass is 35.5. The molecule has 152 valence electrons. The van der Waals surface area contributed by atoms with Crippen LogP contribution < -0.4 is 10.9 Å². The predicted molar refractivity (Wildman–Crippen MR) is 116 cm³/mol. The van der Waals surface area contributed by atoms with Gasteiger partial charge in [-0.05, 0) is 35.7 Å². The number of fused-ring (bicyclic) bond motifs is 1. The lowest BCUT2D eigenvalue weighted by molar-refractivity contribution is -0.113. The fourth-order valence-electron chi connectivity index (χ4n) is 2.74. The summed E-state index contributed by atoms with van der Waals surface area (Å²) in [7, 11) is 0. The Morgan fingerprint density at radius 2 is 2.00 bits per heavy atom. The first-order valence-electron chi connectivity index (χ1n) is 8.57. The molecule has 5 nitrogen and oxygen atoms in total. The molecule has 0 spiro atoms. The van der Waals surface area contributed by atoms with Gasteiger partial charge in [-0.2, -0.15) is 0 Å². The van der Waals surface area contributed by atoms with Gasteiger partial charge in [-0.1, -0.05) is 35.5 Å². The number of nitrogens with one attached hydrogen (secondary N) is 1. The lowest BCUT2D eigenvalue weighted by Crippen LogP contribution is -2.22. The SMILES string of the molecule is O=C(CSc1nc2ccsc2c(=O)n1-c1ccccc1Cl)Nc1cc(F)ccc1F. The number of benzene rings is 2. The molecule has 0 saturated carbocycles. The average molecular weight is 464 g/mol. The molecule has 0 unspecified atom stereocenters. The van der Waals surface area contributed by atoms with Crippen molar-refractivity contribution in [2.45, 2.75) is 5.16 Å². The van der Waals surface area contributed by atoms with Gasteiger partial charge in [-0.3, -0.25) is 14.2 Å². The number of nitrogens with zero attached hydrogens (tertiary/aromatic N) is 2. The minimum atomic E-state index is -0.749. The van der Waals surface area contributed by atoms with E-state index in [0.29, 0.717) is 20.9 Å². The first-order valence-corrected chi connectivity index (χ1v) is 10.8. The number of hydrogen-bond donors (Lipinski definition) is 1. The summed E-state index contributed by atoms with van der Waals surface area (Å²) < 4.78 is 28.9. The molecular weight excluding hydrogens is 452 g/mol. The maximum atomic E-state index is 13.8. The molecule has 1 N–H and O–H groups in total. The fraction of sp³-hybridized carbons (Fsp3) is 0.0500. The summed E-state index contributed by atoms with van der Waals surface area (Å²) in [5, 5.41) is 4.69. The van der Waals surface area contributed by atoms with Crippen molar-refractivity contribution in [2.75, 3.05) is 11.1 Å². The number of amides is 1. The Balaban J connectivity index is 1.66. The van der Waals surface area contributed by atoms with Crippen LogP contribution in [0.2, 0.25) is 5.02 Å². The zero-order valence-electron chi connectivity index (χ0n) is 15.1. The summed E-state index contributed by atoms with van der Waals surface area (Å²) in [4.78, 5) is 29.8. The third kappa shape index (κ3) is 4.09. The number of carbonyl (C=O) groups is 1. The van der Waals surface area contributed by atoms with Gasteiger partial charge < -0.3 is 5.32 Å². The molecule has 0 aliphatic carbocycles. The molecule has 30 heavy (non-hydrogen) atoms. The van der Waals surface area contributed by atoms with Gasteiger partial charge in [0.15, 0.2) is 5.16 Å². The number of thioether (sulfide) groups is 1. The van der Waals surface area contributed by atoms with Crippen molar-refractivity contribution < 1.29 is 13.6 Å². The molecule has 2 heterocycles. The van der Waals surface area contributed by atoms with Crippen LogP contribution in [-0.2, 0) is 4.79 Å². The van der Waals surface area contributed by atoms with Gasteiger partial charge in [-0.25, -0.2) is 13.8 Å². The molecule has 0 aliphatic rings. The van der Waals surface area contributed by atoms with E-state index in [2.05, 4.69) is 10.3 Å². The summed E-state index contributed by atoms with van der Waals surface area (Å²) >= 11 is 8.53. The summed E-state index contributed by atoms with van der Waals surface area (Å²) in [6.07, 6.45) is 0. The lowest BCUT2D eigenvalue weighted by Gasteiger charge is -2.13. The van der Waals surface area contributed by atoms with Crippen molar-refractivity contribution in [3.63, 3.8) is 0 Å². The second-order valence-corrected chi connectivity index (χ2v) is 8.35. The second-order valence-electron chi connectivity index (χ2n) is 6.08. The van der Waals surface area contributed by atoms with E-state index in [9.17, 15) is 18.4 Å². The van der Waals surface area contributed by atoms with Crippen LogP contribution in [-0.4, -0.2) is 21.2 Å². The van der Waals surface area contributed by atoms with Gasteiger partial charge in [0.1, 0.15) is 16.3 Å². The molecular formula is C20H12ClF2N3O2S2. The quantitative estimate of drug-likeness (QED) is 0.330. The van der Waals surface area contributed by atoms with Crippen LogP contribution >= 0.6 is 34.7 Å². The van der Waals surface area contributed by atoms with Crippen molar-refractivity contribution in [1.29, 1.82) is 0 Å². The van der Waals surface area contributed by atoms with Gasteiger partial charge in [0, 0.05) is 6.07 Å². The van der Waals surface area contributed by atoms with Crippen LogP contribution in [0.1, 0.15) is 0 Å². The number of hydrogen-bond acceptors (Lipinski definition) is 5. The molecule has 4 rings (SSSR count). The molecule has 1 amide bonds. The molecule has 0 aliphatic heterocycles. The zero-order valence-corrected chi connectivity index (χ0v) is 17.5. The highest BCUT2D eigenvalue weighted by molar-refractivity contribution is 7.99. The van der Waals surface area contributed by atoms with Gasteiger partial charge in [0.05, 0.1) is 27.7 Å². The van der Waals surface area contributed by atoms with Crippen molar-refractivity contribution in [2.24, 2.45) is 0 Å². The highest BCUT2D eigenvalue weighted by Gasteiger charge is 2.17. The van der Waals surface area contributed by atoms with Crippen molar-refractivity contribution >= 4 is 56.5 Å². The summed E-state index contributed by atoms with van der Waals surface area (Å²) in [6, 6.07) is 11.3. The van der Waals surface area contributed by atoms with E-state index in [0.717, 1.165) is 30.0 Å². The van der Waals surface area contributed by atoms with Crippen LogP contribution in [0.3, 0.4) is 0 Å². The van der Waals surface area contributed by atoms with Crippen LogP contribution in [0.5, 0.6) is 0 Å². The van der Waals surface area contributed by atoms with Gasteiger partial charge in [0.2, 0.25) is 5.91 Å². The van der Waals surface area contributed by atoms with Gasteiger partial charge >= 0.3 is 0 Å². The lowest BCUT2D eigenvalue weighted by atomic mass is 10.3. The zero-order chi connectivity index (χ0) is 21.3. The molecule has 0 fully saturated rings. The van der Waals surface area contributed by atoms with Crippen LogP contribution in [0.25, 0.3) is 15.9 Å². The molecule has 0 bridgehead atoms. The fourth-order valence-corrected chi connectivity index (χ4v) is 4.53. The number of anilines is 1. The van der Waals surface area contributed by atoms with E-state index >= 15 is 0 Å². The Hall–Kier alpha value is -2.75. The Morgan fingerprint density at radius 3 is 2.80 bits per heavy atom. The third-order valence-corrected chi connectivity index (χ3v) is 6.23. The van der Waals surface area contributed by atoms with E-state index in [1.165, 1.54) is 15.9 Å². The molecule has 0 saturated heterocycles. The predicted octanol–water partition coefficient (Wildman–Crippen LogP) is 5.11. The first kappa shape index (κ1) is 20.5. The van der Waals surface area contributed by atoms with Gasteiger partial charge in [0.25, 0.3) is 5.56 Å². The largest absolute Gasteiger partial charge is 0.323 e. The number of rotatable bonds is 5. The normalized spacial score (nSPS) is 11.0. The van der Waals surface area contributed by atoms with Gasteiger partial charge in [-0.15, -0.1) is 11.3 Å². The maximum absolute atomic E-state index is 13.8. The summed E-state index contributed by atoms with van der Waals surface area (Å²) in [5.74, 6) is -2.17. The number of aromatic nitrogens is 2. The molecule has 2 aromatic carbocycles. The average Bonchev–Trinajstić information content (AvgIpc) is 3.19. The smallest absolute Gasteiger partial charge is 0.276 e.